The van der Waals surface area contributed by atoms with Crippen molar-refractivity contribution in [1.82, 2.24) is 4.98 Å². The highest BCUT2D eigenvalue weighted by atomic mass is 32.2. The van der Waals surface area contributed by atoms with Gasteiger partial charge in [-0.3, -0.25) is 0 Å². The largest absolute Gasteiger partial charge is 0.244 e. The molecule has 0 saturated carbocycles. The maximum absolute atomic E-state index is 4.40. The molecule has 0 unspecified atom stereocenters. The van der Waals surface area contributed by atoms with Crippen LogP contribution < -0.4 is 0 Å². The molecule has 0 bridgehead atoms. The van der Waals surface area contributed by atoms with Crippen LogP contribution in [0.25, 0.3) is 10.2 Å². The lowest BCUT2D eigenvalue weighted by Gasteiger charge is -2.07. The molecule has 2 heterocycles. The lowest BCUT2D eigenvalue weighted by atomic mass is 10.3. The second kappa shape index (κ2) is 3.07. The highest BCUT2D eigenvalue weighted by Crippen LogP contribution is 2.30. The molecular formula is C9H11NS2. The summed E-state index contributed by atoms with van der Waals surface area (Å²) < 4.78 is 0. The van der Waals surface area contributed by atoms with Crippen LogP contribution in [0.4, 0.5) is 0 Å². The number of thiol groups is 1. The predicted molar refractivity (Wildman–Crippen MR) is 58.7 cm³/mol. The summed E-state index contributed by atoms with van der Waals surface area (Å²) in [7, 11) is -0.00776. The smallest absolute Gasteiger partial charge is 0.123 e. The summed E-state index contributed by atoms with van der Waals surface area (Å²) in [6.45, 7) is 0. The van der Waals surface area contributed by atoms with E-state index in [0.717, 1.165) is 4.83 Å². The van der Waals surface area contributed by atoms with Gasteiger partial charge in [0.25, 0.3) is 0 Å². The van der Waals surface area contributed by atoms with Gasteiger partial charge in [0.2, 0.25) is 0 Å². The highest BCUT2D eigenvalue weighted by Gasteiger charge is 1.99. The van der Waals surface area contributed by atoms with Crippen molar-refractivity contribution in [2.75, 3.05) is 12.5 Å². The Morgan fingerprint density at radius 3 is 3.00 bits per heavy atom. The van der Waals surface area contributed by atoms with Crippen molar-refractivity contribution in [2.24, 2.45) is 0 Å². The molecule has 0 fully saturated rings. The van der Waals surface area contributed by atoms with Gasteiger partial charge in [0, 0.05) is 16.5 Å². The van der Waals surface area contributed by atoms with Crippen LogP contribution in [0.3, 0.4) is 0 Å². The maximum atomic E-state index is 4.40. The molecule has 0 aliphatic carbocycles. The Labute approximate surface area is 78.8 Å². The molecule has 12 heavy (non-hydrogen) atoms. The summed E-state index contributed by atoms with van der Waals surface area (Å²) in [5, 5.41) is 3.38. The fourth-order valence-electron chi connectivity index (χ4n) is 1.09. The van der Waals surface area contributed by atoms with Crippen molar-refractivity contribution in [3.05, 3.63) is 23.7 Å². The molecule has 0 atom stereocenters. The van der Waals surface area contributed by atoms with E-state index in [0.29, 0.717) is 0 Å². The van der Waals surface area contributed by atoms with Gasteiger partial charge in [-0.1, -0.05) is 0 Å². The van der Waals surface area contributed by atoms with Crippen LogP contribution in [0, 0.1) is 0 Å². The Kier molecular flexibility index (Phi) is 2.07. The first-order valence-corrected chi connectivity index (χ1v) is 6.89. The van der Waals surface area contributed by atoms with Gasteiger partial charge in [0.05, 0.1) is 0 Å². The van der Waals surface area contributed by atoms with Crippen molar-refractivity contribution < 1.29 is 0 Å². The van der Waals surface area contributed by atoms with Gasteiger partial charge < -0.3 is 0 Å². The van der Waals surface area contributed by atoms with Gasteiger partial charge in [0.15, 0.2) is 0 Å². The SMILES string of the molecule is C[SH](C)c1cnc2sccc2c1. The van der Waals surface area contributed by atoms with Crippen LogP contribution in [0.15, 0.2) is 28.6 Å². The molecule has 0 N–H and O–H groups in total. The number of pyridine rings is 1. The van der Waals surface area contributed by atoms with Crippen molar-refractivity contribution in [2.45, 2.75) is 4.90 Å². The van der Waals surface area contributed by atoms with Gasteiger partial charge in [-0.25, -0.2) is 15.9 Å². The second-order valence-corrected chi connectivity index (χ2v) is 6.10. The normalized spacial score (nSPS) is 12.0. The molecule has 3 heteroatoms. The zero-order valence-electron chi connectivity index (χ0n) is 7.11. The first-order chi connectivity index (χ1) is 5.77. The number of fused-ring (bicyclic) bond motifs is 1. The number of hydrogen-bond acceptors (Lipinski definition) is 2. The highest BCUT2D eigenvalue weighted by molar-refractivity contribution is 8.15. The van der Waals surface area contributed by atoms with E-state index >= 15 is 0 Å². The first kappa shape index (κ1) is 8.08. The van der Waals surface area contributed by atoms with Crippen LogP contribution in [0.5, 0.6) is 0 Å². The number of rotatable bonds is 1. The molecular weight excluding hydrogens is 186 g/mol. The fraction of sp³-hybridized carbons (Fsp3) is 0.222. The van der Waals surface area contributed by atoms with Crippen LogP contribution in [-0.4, -0.2) is 17.5 Å². The summed E-state index contributed by atoms with van der Waals surface area (Å²) in [6, 6.07) is 4.39. The Hall–Kier alpha value is -0.540. The standard InChI is InChI=1S/C9H11NS2/c1-12(2)8-5-7-3-4-11-9(7)10-6-8/h3-6,12H,1-2H3. The minimum atomic E-state index is -0.00776. The van der Waals surface area contributed by atoms with Gasteiger partial charge in [-0.2, -0.15) is 0 Å². The lowest BCUT2D eigenvalue weighted by molar-refractivity contribution is 1.32. The molecule has 64 valence electrons. The third-order valence-corrected chi connectivity index (χ3v) is 3.92. The number of aromatic nitrogens is 1. The molecule has 0 radical (unpaired) electrons. The summed E-state index contributed by atoms with van der Waals surface area (Å²) in [4.78, 5) is 6.93. The topological polar surface area (TPSA) is 12.9 Å². The predicted octanol–water partition coefficient (Wildman–Crippen LogP) is 2.92. The van der Waals surface area contributed by atoms with Crippen LogP contribution >= 0.6 is 22.2 Å². The van der Waals surface area contributed by atoms with Crippen molar-refractivity contribution in [1.29, 1.82) is 0 Å². The van der Waals surface area contributed by atoms with E-state index < -0.39 is 0 Å². The molecule has 0 aliphatic heterocycles. The summed E-state index contributed by atoms with van der Waals surface area (Å²) in [5.41, 5.74) is 0. The van der Waals surface area contributed by atoms with E-state index in [2.05, 4.69) is 35.0 Å². The van der Waals surface area contributed by atoms with E-state index in [1.54, 1.807) is 11.3 Å². The third-order valence-electron chi connectivity index (χ3n) is 1.81. The van der Waals surface area contributed by atoms with Gasteiger partial charge in [0.1, 0.15) is 4.83 Å². The van der Waals surface area contributed by atoms with E-state index in [4.69, 9.17) is 0 Å². The van der Waals surface area contributed by atoms with Crippen molar-refractivity contribution >= 4 is 32.4 Å². The zero-order valence-corrected chi connectivity index (χ0v) is 8.82. The number of thiophene rings is 1. The average Bonchev–Trinajstić information content (AvgIpc) is 2.49. The molecule has 2 rings (SSSR count). The Morgan fingerprint density at radius 2 is 2.25 bits per heavy atom. The van der Waals surface area contributed by atoms with Crippen LogP contribution in [0.2, 0.25) is 0 Å². The van der Waals surface area contributed by atoms with Gasteiger partial charge in [-0.05, 0) is 30.0 Å². The fourth-order valence-corrected chi connectivity index (χ4v) is 2.50. The van der Waals surface area contributed by atoms with Gasteiger partial charge in [-0.15, -0.1) is 11.3 Å². The molecule has 1 nitrogen and oxygen atoms in total. The van der Waals surface area contributed by atoms with Crippen LogP contribution in [0.1, 0.15) is 0 Å². The zero-order chi connectivity index (χ0) is 8.55. The van der Waals surface area contributed by atoms with E-state index in [1.165, 1.54) is 10.3 Å². The van der Waals surface area contributed by atoms with E-state index in [-0.39, 0.29) is 10.9 Å². The molecule has 0 amide bonds. The number of nitrogens with zero attached hydrogens (tertiary/aromatic N) is 1. The first-order valence-electron chi connectivity index (χ1n) is 3.78. The van der Waals surface area contributed by atoms with E-state index in [1.807, 2.05) is 6.20 Å². The summed E-state index contributed by atoms with van der Waals surface area (Å²) >= 11 is 1.70. The second-order valence-electron chi connectivity index (χ2n) is 2.90. The average molecular weight is 197 g/mol. The Bertz CT molecular complexity index is 392. The molecule has 0 saturated heterocycles. The number of hydrogen-bond donors (Lipinski definition) is 1. The van der Waals surface area contributed by atoms with Crippen molar-refractivity contribution in [3.8, 4) is 0 Å². The molecule has 0 aromatic carbocycles. The van der Waals surface area contributed by atoms with E-state index in [9.17, 15) is 0 Å². The maximum Gasteiger partial charge on any atom is 0.123 e. The third kappa shape index (κ3) is 1.34. The molecule has 2 aromatic heterocycles. The summed E-state index contributed by atoms with van der Waals surface area (Å²) in [6.07, 6.45) is 6.51. The monoisotopic (exact) mass is 197 g/mol. The summed E-state index contributed by atoms with van der Waals surface area (Å²) in [5.74, 6) is 0. The minimum absolute atomic E-state index is 0.00776. The molecule has 0 aliphatic rings. The van der Waals surface area contributed by atoms with Gasteiger partial charge >= 0.3 is 0 Å². The van der Waals surface area contributed by atoms with Crippen LogP contribution in [-0.2, 0) is 0 Å². The Morgan fingerprint density at radius 1 is 1.42 bits per heavy atom. The lowest BCUT2D eigenvalue weighted by Crippen LogP contribution is -1.79. The van der Waals surface area contributed by atoms with Crippen molar-refractivity contribution in [3.63, 3.8) is 0 Å². The minimum Gasteiger partial charge on any atom is -0.244 e. The molecule has 0 spiro atoms. The molecule has 2 aromatic rings. The quantitative estimate of drug-likeness (QED) is 0.694. The Balaban J connectivity index is 2.60.